The van der Waals surface area contributed by atoms with Crippen LogP contribution in [0.1, 0.15) is 29.2 Å². The Balaban J connectivity index is 2.58. The Bertz CT molecular complexity index is 280. The van der Waals surface area contributed by atoms with Crippen molar-refractivity contribution in [3.8, 4) is 0 Å². The van der Waals surface area contributed by atoms with Crippen LogP contribution in [0.15, 0.2) is 4.63 Å². The van der Waals surface area contributed by atoms with Gasteiger partial charge in [-0.15, -0.1) is 0 Å². The van der Waals surface area contributed by atoms with E-state index in [1.807, 2.05) is 0 Å². The van der Waals surface area contributed by atoms with Gasteiger partial charge >= 0.3 is 5.97 Å². The number of nitrogens with zero attached hydrogens (tertiary/aromatic N) is 2. The molecule has 5 heteroatoms. The standard InChI is InChI=1S/C5H4N2O3/c1-2-3-4(5(8)9-2)7-10-6-3/h2H,1H3. The maximum absolute atomic E-state index is 10.8. The lowest BCUT2D eigenvalue weighted by Crippen LogP contribution is -1.96. The van der Waals surface area contributed by atoms with Crippen LogP contribution in [0.2, 0.25) is 0 Å². The third-order valence-electron chi connectivity index (χ3n) is 1.38. The number of carbonyl (C=O) groups excluding carboxylic acids is 1. The highest BCUT2D eigenvalue weighted by molar-refractivity contribution is 5.90. The molecule has 1 unspecified atom stereocenters. The zero-order valence-corrected chi connectivity index (χ0v) is 5.20. The topological polar surface area (TPSA) is 65.2 Å². The Morgan fingerprint density at radius 2 is 2.30 bits per heavy atom. The predicted octanol–water partition coefficient (Wildman–Crippen LogP) is 0.301. The van der Waals surface area contributed by atoms with Crippen molar-refractivity contribution < 1.29 is 14.2 Å². The first kappa shape index (κ1) is 5.40. The number of ether oxygens (including phenoxy) is 1. The van der Waals surface area contributed by atoms with Gasteiger partial charge in [0.05, 0.1) is 0 Å². The summed E-state index contributed by atoms with van der Waals surface area (Å²) in [6.07, 6.45) is -0.311. The highest BCUT2D eigenvalue weighted by Gasteiger charge is 2.33. The molecule has 0 fully saturated rings. The Morgan fingerprint density at radius 1 is 1.50 bits per heavy atom. The molecular weight excluding hydrogens is 136 g/mol. The molecule has 5 nitrogen and oxygen atoms in total. The molecule has 0 aliphatic carbocycles. The van der Waals surface area contributed by atoms with E-state index in [9.17, 15) is 4.79 Å². The predicted molar refractivity (Wildman–Crippen MR) is 28.1 cm³/mol. The Labute approximate surface area is 55.9 Å². The molecule has 1 aliphatic rings. The summed E-state index contributed by atoms with van der Waals surface area (Å²) < 4.78 is 9.08. The van der Waals surface area contributed by atoms with Gasteiger partial charge in [-0.1, -0.05) is 5.16 Å². The number of fused-ring (bicyclic) bond motifs is 1. The number of rotatable bonds is 0. The van der Waals surface area contributed by atoms with Crippen LogP contribution in [-0.4, -0.2) is 16.3 Å². The third kappa shape index (κ3) is 0.490. The first-order valence-electron chi connectivity index (χ1n) is 2.82. The van der Waals surface area contributed by atoms with E-state index in [1.165, 1.54) is 0 Å². The molecule has 0 amide bonds. The summed E-state index contributed by atoms with van der Waals surface area (Å²) in [5.41, 5.74) is 0.692. The summed E-state index contributed by atoms with van der Waals surface area (Å²) in [5, 5.41) is 6.86. The average molecular weight is 140 g/mol. The van der Waals surface area contributed by atoms with Crippen molar-refractivity contribution in [3.05, 3.63) is 11.4 Å². The van der Waals surface area contributed by atoms with Crippen molar-refractivity contribution in [2.45, 2.75) is 13.0 Å². The lowest BCUT2D eigenvalue weighted by molar-refractivity contribution is 0.0385. The second-order valence-electron chi connectivity index (χ2n) is 2.05. The Kier molecular flexibility index (Phi) is 0.841. The molecule has 52 valence electrons. The van der Waals surface area contributed by atoms with Crippen LogP contribution in [0.25, 0.3) is 0 Å². The second-order valence-corrected chi connectivity index (χ2v) is 2.05. The SMILES string of the molecule is CC1OC(=O)c2nonc21. The molecule has 1 atom stereocenters. The summed E-state index contributed by atoms with van der Waals surface area (Å²) in [7, 11) is 0. The second kappa shape index (κ2) is 1.56. The van der Waals surface area contributed by atoms with Crippen LogP contribution in [0.5, 0.6) is 0 Å². The van der Waals surface area contributed by atoms with E-state index in [1.54, 1.807) is 6.92 Å². The van der Waals surface area contributed by atoms with Gasteiger partial charge in [0.15, 0.2) is 5.69 Å². The Morgan fingerprint density at radius 3 is 3.00 bits per heavy atom. The number of carbonyl (C=O) groups is 1. The number of aromatic nitrogens is 2. The summed E-state index contributed by atoms with van der Waals surface area (Å²) in [6.45, 7) is 1.72. The molecular formula is C5H4N2O3. The van der Waals surface area contributed by atoms with E-state index >= 15 is 0 Å². The van der Waals surface area contributed by atoms with Crippen molar-refractivity contribution >= 4 is 5.97 Å². The third-order valence-corrected chi connectivity index (χ3v) is 1.38. The van der Waals surface area contributed by atoms with Crippen LogP contribution >= 0.6 is 0 Å². The lowest BCUT2D eigenvalue weighted by atomic mass is 10.3. The van der Waals surface area contributed by atoms with E-state index in [0.29, 0.717) is 5.69 Å². The number of hydrogen-bond acceptors (Lipinski definition) is 5. The molecule has 10 heavy (non-hydrogen) atoms. The van der Waals surface area contributed by atoms with E-state index in [2.05, 4.69) is 14.9 Å². The first-order valence-corrected chi connectivity index (χ1v) is 2.82. The first-order chi connectivity index (χ1) is 4.79. The normalized spacial score (nSPS) is 22.5. The smallest absolute Gasteiger partial charge is 0.363 e. The number of cyclic esters (lactones) is 1. The van der Waals surface area contributed by atoms with Gasteiger partial charge in [-0.25, -0.2) is 9.42 Å². The summed E-state index contributed by atoms with van der Waals surface area (Å²) in [6, 6.07) is 0. The molecule has 0 bridgehead atoms. The van der Waals surface area contributed by atoms with Gasteiger partial charge in [0.25, 0.3) is 0 Å². The van der Waals surface area contributed by atoms with Gasteiger partial charge in [0, 0.05) is 0 Å². The van der Waals surface area contributed by atoms with Crippen molar-refractivity contribution in [2.75, 3.05) is 0 Å². The van der Waals surface area contributed by atoms with Crippen LogP contribution in [0.4, 0.5) is 0 Å². The van der Waals surface area contributed by atoms with Gasteiger partial charge < -0.3 is 4.74 Å². The minimum Gasteiger partial charge on any atom is -0.451 e. The monoisotopic (exact) mass is 140 g/mol. The molecule has 2 heterocycles. The van der Waals surface area contributed by atoms with Crippen LogP contribution in [0.3, 0.4) is 0 Å². The molecule has 0 saturated heterocycles. The molecule has 0 N–H and O–H groups in total. The van der Waals surface area contributed by atoms with Crippen molar-refractivity contribution in [3.63, 3.8) is 0 Å². The highest BCUT2D eigenvalue weighted by Crippen LogP contribution is 2.25. The molecule has 0 spiro atoms. The molecule has 1 aliphatic heterocycles. The zero-order chi connectivity index (χ0) is 7.14. The molecule has 2 rings (SSSR count). The van der Waals surface area contributed by atoms with Gasteiger partial charge in [-0.2, -0.15) is 0 Å². The van der Waals surface area contributed by atoms with Crippen LogP contribution < -0.4 is 0 Å². The fraction of sp³-hybridized carbons (Fsp3) is 0.400. The highest BCUT2D eigenvalue weighted by atomic mass is 16.6. The molecule has 1 aromatic heterocycles. The molecule has 0 aromatic carbocycles. The van der Waals surface area contributed by atoms with Crippen molar-refractivity contribution in [2.24, 2.45) is 0 Å². The number of hydrogen-bond donors (Lipinski definition) is 0. The van der Waals surface area contributed by atoms with Gasteiger partial charge in [-0.05, 0) is 12.1 Å². The largest absolute Gasteiger partial charge is 0.451 e. The lowest BCUT2D eigenvalue weighted by Gasteiger charge is -1.96. The quantitative estimate of drug-likeness (QED) is 0.485. The van der Waals surface area contributed by atoms with Crippen molar-refractivity contribution in [1.29, 1.82) is 0 Å². The van der Waals surface area contributed by atoms with E-state index in [0.717, 1.165) is 0 Å². The van der Waals surface area contributed by atoms with E-state index in [-0.39, 0.29) is 11.8 Å². The fourth-order valence-corrected chi connectivity index (χ4v) is 0.876. The molecule has 0 radical (unpaired) electrons. The number of esters is 1. The van der Waals surface area contributed by atoms with Gasteiger partial charge in [-0.3, -0.25) is 0 Å². The maximum atomic E-state index is 10.8. The maximum Gasteiger partial charge on any atom is 0.363 e. The van der Waals surface area contributed by atoms with Gasteiger partial charge in [0.1, 0.15) is 6.10 Å². The zero-order valence-electron chi connectivity index (χ0n) is 5.20. The molecule has 0 saturated carbocycles. The minimum atomic E-state index is -0.455. The van der Waals surface area contributed by atoms with Crippen molar-refractivity contribution in [1.82, 2.24) is 10.3 Å². The minimum absolute atomic E-state index is 0.201. The summed E-state index contributed by atoms with van der Waals surface area (Å²) >= 11 is 0. The molecule has 1 aromatic rings. The fourth-order valence-electron chi connectivity index (χ4n) is 0.876. The average Bonchev–Trinajstić information content (AvgIpc) is 2.39. The van der Waals surface area contributed by atoms with E-state index < -0.39 is 5.97 Å². The van der Waals surface area contributed by atoms with Crippen LogP contribution in [0, 0.1) is 0 Å². The Hall–Kier alpha value is -1.39. The van der Waals surface area contributed by atoms with Gasteiger partial charge in [0.2, 0.25) is 5.69 Å². The summed E-state index contributed by atoms with van der Waals surface area (Å²) in [5.74, 6) is -0.455. The van der Waals surface area contributed by atoms with E-state index in [4.69, 9.17) is 4.74 Å². The summed E-state index contributed by atoms with van der Waals surface area (Å²) in [4.78, 5) is 10.8. The van der Waals surface area contributed by atoms with Crippen LogP contribution in [-0.2, 0) is 4.74 Å².